The molecule has 19 heavy (non-hydrogen) atoms. The summed E-state index contributed by atoms with van der Waals surface area (Å²) in [6.45, 7) is 3.92. The van der Waals surface area contributed by atoms with Crippen LogP contribution >= 0.6 is 11.6 Å². The molecule has 0 saturated carbocycles. The van der Waals surface area contributed by atoms with Crippen LogP contribution in [0, 0.1) is 17.8 Å². The fourth-order valence-electron chi connectivity index (χ4n) is 1.48. The zero-order valence-corrected chi connectivity index (χ0v) is 12.5. The molecule has 1 aromatic rings. The average Bonchev–Trinajstić information content (AvgIpc) is 2.28. The van der Waals surface area contributed by atoms with Crippen molar-refractivity contribution in [1.82, 2.24) is 0 Å². The lowest BCUT2D eigenvalue weighted by Gasteiger charge is -2.11. The van der Waals surface area contributed by atoms with E-state index in [0.717, 1.165) is 0 Å². The van der Waals surface area contributed by atoms with Gasteiger partial charge in [0.1, 0.15) is 0 Å². The molecule has 0 amide bonds. The standard InChI is InChI=1S/C13H17ClN2O2S/c1-10(2)9-19(17,18)16-13-8-11(4-3-7-15)5-6-12(13)14/h5-6,8,10,16H,7,9,15H2,1-2H3. The van der Waals surface area contributed by atoms with E-state index in [-0.39, 0.29) is 18.2 Å². The number of hydrogen-bond acceptors (Lipinski definition) is 3. The van der Waals surface area contributed by atoms with Crippen LogP contribution in [0.5, 0.6) is 0 Å². The van der Waals surface area contributed by atoms with Crippen molar-refractivity contribution in [3.63, 3.8) is 0 Å². The Kier molecular flexibility index (Phi) is 5.67. The summed E-state index contributed by atoms with van der Waals surface area (Å²) in [5.41, 5.74) is 6.29. The highest BCUT2D eigenvalue weighted by molar-refractivity contribution is 7.92. The minimum Gasteiger partial charge on any atom is -0.320 e. The molecule has 0 aliphatic carbocycles. The van der Waals surface area contributed by atoms with E-state index in [0.29, 0.717) is 16.3 Å². The summed E-state index contributed by atoms with van der Waals surface area (Å²) >= 11 is 5.97. The summed E-state index contributed by atoms with van der Waals surface area (Å²) in [4.78, 5) is 0. The van der Waals surface area contributed by atoms with Crippen LogP contribution in [0.1, 0.15) is 19.4 Å². The van der Waals surface area contributed by atoms with Crippen LogP contribution in [-0.4, -0.2) is 20.7 Å². The third-order valence-corrected chi connectivity index (χ3v) is 4.09. The summed E-state index contributed by atoms with van der Waals surface area (Å²) in [6, 6.07) is 4.92. The Morgan fingerprint density at radius 3 is 2.68 bits per heavy atom. The third kappa shape index (κ3) is 5.52. The lowest BCUT2D eigenvalue weighted by Crippen LogP contribution is -2.20. The SMILES string of the molecule is CC(C)CS(=O)(=O)Nc1cc(C#CCN)ccc1Cl. The number of halogens is 1. The van der Waals surface area contributed by atoms with Gasteiger partial charge in [-0.3, -0.25) is 4.72 Å². The molecule has 0 fully saturated rings. The van der Waals surface area contributed by atoms with E-state index in [1.54, 1.807) is 18.2 Å². The van der Waals surface area contributed by atoms with E-state index in [2.05, 4.69) is 16.6 Å². The van der Waals surface area contributed by atoms with Crippen molar-refractivity contribution in [3.8, 4) is 11.8 Å². The Hall–Kier alpha value is -1.22. The first-order valence-corrected chi connectivity index (χ1v) is 7.86. The molecule has 104 valence electrons. The van der Waals surface area contributed by atoms with Gasteiger partial charge in [0, 0.05) is 5.56 Å². The molecule has 3 N–H and O–H groups in total. The molecule has 0 atom stereocenters. The summed E-state index contributed by atoms with van der Waals surface area (Å²) in [7, 11) is -3.40. The predicted molar refractivity (Wildman–Crippen MR) is 79.6 cm³/mol. The van der Waals surface area contributed by atoms with Crippen molar-refractivity contribution in [2.45, 2.75) is 13.8 Å². The second kappa shape index (κ2) is 6.80. The lowest BCUT2D eigenvalue weighted by molar-refractivity contribution is 0.587. The zero-order chi connectivity index (χ0) is 14.5. The van der Waals surface area contributed by atoms with Gasteiger partial charge in [-0.2, -0.15) is 0 Å². The molecular formula is C13H17ClN2O2S. The maximum Gasteiger partial charge on any atom is 0.233 e. The molecule has 0 aliphatic heterocycles. The van der Waals surface area contributed by atoms with Crippen molar-refractivity contribution < 1.29 is 8.42 Å². The van der Waals surface area contributed by atoms with E-state index in [1.807, 2.05) is 13.8 Å². The molecule has 0 saturated heterocycles. The second-order valence-corrected chi connectivity index (χ2v) is 6.65. The van der Waals surface area contributed by atoms with Crippen molar-refractivity contribution in [3.05, 3.63) is 28.8 Å². The summed E-state index contributed by atoms with van der Waals surface area (Å²) in [5, 5.41) is 0.339. The summed E-state index contributed by atoms with van der Waals surface area (Å²) in [5.74, 6) is 5.62. The normalized spacial score (nSPS) is 11.0. The third-order valence-electron chi connectivity index (χ3n) is 2.12. The van der Waals surface area contributed by atoms with Gasteiger partial charge in [-0.25, -0.2) is 8.42 Å². The number of nitrogens with one attached hydrogen (secondary N) is 1. The van der Waals surface area contributed by atoms with Crippen molar-refractivity contribution in [1.29, 1.82) is 0 Å². The van der Waals surface area contributed by atoms with Gasteiger partial charge in [-0.05, 0) is 24.1 Å². The minimum atomic E-state index is -3.40. The fourth-order valence-corrected chi connectivity index (χ4v) is 3.17. The summed E-state index contributed by atoms with van der Waals surface area (Å²) < 4.78 is 26.2. The van der Waals surface area contributed by atoms with Crippen LogP contribution in [0.25, 0.3) is 0 Å². The highest BCUT2D eigenvalue weighted by atomic mass is 35.5. The second-order valence-electron chi connectivity index (χ2n) is 4.48. The number of sulfonamides is 1. The fraction of sp³-hybridized carbons (Fsp3) is 0.385. The predicted octanol–water partition coefficient (Wildman–Crippen LogP) is 2.05. The molecule has 0 aliphatic rings. The molecule has 4 nitrogen and oxygen atoms in total. The zero-order valence-electron chi connectivity index (χ0n) is 10.9. The van der Waals surface area contributed by atoms with Gasteiger partial charge in [0.2, 0.25) is 10.0 Å². The maximum atomic E-state index is 11.9. The molecule has 0 heterocycles. The largest absolute Gasteiger partial charge is 0.320 e. The van der Waals surface area contributed by atoms with Crippen LogP contribution in [0.2, 0.25) is 5.02 Å². The Balaban J connectivity index is 3.00. The van der Waals surface area contributed by atoms with Crippen LogP contribution in [0.15, 0.2) is 18.2 Å². The Bertz CT molecular complexity index is 601. The van der Waals surface area contributed by atoms with E-state index in [4.69, 9.17) is 17.3 Å². The Morgan fingerprint density at radius 2 is 2.11 bits per heavy atom. The topological polar surface area (TPSA) is 72.2 Å². The average molecular weight is 301 g/mol. The van der Waals surface area contributed by atoms with Crippen molar-refractivity contribution in [2.75, 3.05) is 17.0 Å². The first-order chi connectivity index (χ1) is 8.84. The first kappa shape index (κ1) is 15.8. The number of anilines is 1. The minimum absolute atomic E-state index is 0.0384. The summed E-state index contributed by atoms with van der Waals surface area (Å²) in [6.07, 6.45) is 0. The van der Waals surface area contributed by atoms with Gasteiger partial charge in [0.05, 0.1) is 23.0 Å². The molecule has 1 aromatic carbocycles. The molecule has 0 unspecified atom stereocenters. The van der Waals surface area contributed by atoms with Crippen LogP contribution in [0.3, 0.4) is 0 Å². The monoisotopic (exact) mass is 300 g/mol. The van der Waals surface area contributed by atoms with E-state index in [1.165, 1.54) is 0 Å². The molecule has 6 heteroatoms. The number of hydrogen-bond donors (Lipinski definition) is 2. The van der Waals surface area contributed by atoms with E-state index < -0.39 is 10.0 Å². The Labute approximate surface area is 119 Å². The quantitative estimate of drug-likeness (QED) is 0.836. The smallest absolute Gasteiger partial charge is 0.233 e. The highest BCUT2D eigenvalue weighted by Gasteiger charge is 2.14. The molecule has 0 spiro atoms. The Morgan fingerprint density at radius 1 is 1.42 bits per heavy atom. The molecule has 1 rings (SSSR count). The highest BCUT2D eigenvalue weighted by Crippen LogP contribution is 2.24. The lowest BCUT2D eigenvalue weighted by atomic mass is 10.2. The van der Waals surface area contributed by atoms with Crippen LogP contribution in [-0.2, 0) is 10.0 Å². The maximum absolute atomic E-state index is 11.9. The van der Waals surface area contributed by atoms with Gasteiger partial charge in [0.25, 0.3) is 0 Å². The van der Waals surface area contributed by atoms with E-state index >= 15 is 0 Å². The van der Waals surface area contributed by atoms with Gasteiger partial charge in [-0.1, -0.05) is 37.3 Å². The number of benzene rings is 1. The van der Waals surface area contributed by atoms with E-state index in [9.17, 15) is 8.42 Å². The van der Waals surface area contributed by atoms with Crippen LogP contribution < -0.4 is 10.5 Å². The van der Waals surface area contributed by atoms with Gasteiger partial charge in [0.15, 0.2) is 0 Å². The molecular weight excluding hydrogens is 284 g/mol. The van der Waals surface area contributed by atoms with Gasteiger partial charge >= 0.3 is 0 Å². The van der Waals surface area contributed by atoms with Crippen molar-refractivity contribution in [2.24, 2.45) is 11.7 Å². The molecule has 0 radical (unpaired) electrons. The van der Waals surface area contributed by atoms with Gasteiger partial charge < -0.3 is 5.73 Å². The first-order valence-electron chi connectivity index (χ1n) is 5.83. The molecule has 0 aromatic heterocycles. The van der Waals surface area contributed by atoms with Crippen molar-refractivity contribution >= 4 is 27.3 Å². The molecule has 0 bridgehead atoms. The van der Waals surface area contributed by atoms with Gasteiger partial charge in [-0.15, -0.1) is 0 Å². The number of nitrogens with two attached hydrogens (primary N) is 1. The van der Waals surface area contributed by atoms with Crippen LogP contribution in [0.4, 0.5) is 5.69 Å². The number of rotatable bonds is 4.